The predicted molar refractivity (Wildman–Crippen MR) is 91.9 cm³/mol. The zero-order chi connectivity index (χ0) is 16.0. The zero-order valence-corrected chi connectivity index (χ0v) is 15.7. The smallest absolute Gasteiger partial charge is 0.159 e. The van der Waals surface area contributed by atoms with Gasteiger partial charge in [0.05, 0.1) is 10.2 Å². The van der Waals surface area contributed by atoms with Crippen LogP contribution in [0.4, 0.5) is 5.82 Å². The molecule has 1 rings (SSSR count). The van der Waals surface area contributed by atoms with Crippen molar-refractivity contribution in [3.8, 4) is 0 Å². The molecule has 120 valence electrons. The maximum absolute atomic E-state index is 5.78. The Bertz CT molecular complexity index is 458. The van der Waals surface area contributed by atoms with Gasteiger partial charge in [-0.15, -0.1) is 0 Å². The summed E-state index contributed by atoms with van der Waals surface area (Å²) in [5.74, 6) is 1.64. The summed E-state index contributed by atoms with van der Waals surface area (Å²) >= 11 is 3.66. The van der Waals surface area contributed by atoms with Crippen LogP contribution in [0, 0.1) is 0 Å². The van der Waals surface area contributed by atoms with Crippen molar-refractivity contribution in [2.24, 2.45) is 0 Å². The standard InChI is InChI=1S/C16H28BrN3O/c1-7-10-18-15-12(17)13(16(4,5)6)19-14(20-15)11(8-2)21-9-3/h11H,7-10H2,1-6H3,(H,18,19,20). The third-order valence-electron chi connectivity index (χ3n) is 3.15. The second-order valence-electron chi connectivity index (χ2n) is 6.12. The fraction of sp³-hybridized carbons (Fsp3) is 0.750. The minimum atomic E-state index is -0.0519. The average molecular weight is 358 g/mol. The highest BCUT2D eigenvalue weighted by Gasteiger charge is 2.25. The molecule has 1 aromatic rings. The van der Waals surface area contributed by atoms with E-state index >= 15 is 0 Å². The largest absolute Gasteiger partial charge is 0.371 e. The lowest BCUT2D eigenvalue weighted by Crippen LogP contribution is -2.20. The lowest BCUT2D eigenvalue weighted by molar-refractivity contribution is 0.0532. The second kappa shape index (κ2) is 8.08. The highest BCUT2D eigenvalue weighted by Crippen LogP contribution is 2.34. The van der Waals surface area contributed by atoms with Gasteiger partial charge >= 0.3 is 0 Å². The molecule has 0 fully saturated rings. The zero-order valence-electron chi connectivity index (χ0n) is 14.1. The van der Waals surface area contributed by atoms with Crippen molar-refractivity contribution in [1.82, 2.24) is 9.97 Å². The van der Waals surface area contributed by atoms with Crippen molar-refractivity contribution in [3.05, 3.63) is 16.0 Å². The molecule has 0 aliphatic carbocycles. The highest BCUT2D eigenvalue weighted by molar-refractivity contribution is 9.10. The third-order valence-corrected chi connectivity index (χ3v) is 3.90. The van der Waals surface area contributed by atoms with Crippen LogP contribution < -0.4 is 5.32 Å². The molecule has 0 aromatic carbocycles. The van der Waals surface area contributed by atoms with Gasteiger partial charge in [0.15, 0.2) is 5.82 Å². The summed E-state index contributed by atoms with van der Waals surface area (Å²) in [6.07, 6.45) is 1.87. The maximum atomic E-state index is 5.78. The Kier molecular flexibility index (Phi) is 7.07. The van der Waals surface area contributed by atoms with Gasteiger partial charge in [-0.3, -0.25) is 0 Å². The van der Waals surface area contributed by atoms with E-state index in [2.05, 4.69) is 60.8 Å². The lowest BCUT2D eigenvalue weighted by Gasteiger charge is -2.24. The molecule has 0 bridgehead atoms. The van der Waals surface area contributed by atoms with Crippen LogP contribution >= 0.6 is 15.9 Å². The number of nitrogens with zero attached hydrogens (tertiary/aromatic N) is 2. The SMILES string of the molecule is CCCNc1nc(C(CC)OCC)nc(C(C)(C)C)c1Br. The van der Waals surface area contributed by atoms with Crippen LogP contribution in [0.5, 0.6) is 0 Å². The molecule has 0 aliphatic heterocycles. The van der Waals surface area contributed by atoms with E-state index in [1.165, 1.54) is 0 Å². The molecule has 0 aliphatic rings. The second-order valence-corrected chi connectivity index (χ2v) is 6.92. The van der Waals surface area contributed by atoms with Crippen LogP contribution in [0.1, 0.15) is 72.0 Å². The van der Waals surface area contributed by atoms with Crippen molar-refractivity contribution in [3.63, 3.8) is 0 Å². The number of halogens is 1. The summed E-state index contributed by atoms with van der Waals surface area (Å²) in [6, 6.07) is 0. The number of hydrogen-bond donors (Lipinski definition) is 1. The van der Waals surface area contributed by atoms with Gasteiger partial charge in [-0.25, -0.2) is 9.97 Å². The quantitative estimate of drug-likeness (QED) is 0.757. The van der Waals surface area contributed by atoms with Crippen molar-refractivity contribution in [1.29, 1.82) is 0 Å². The Balaban J connectivity index is 3.31. The number of anilines is 1. The van der Waals surface area contributed by atoms with E-state index in [9.17, 15) is 0 Å². The van der Waals surface area contributed by atoms with Crippen LogP contribution in [0.2, 0.25) is 0 Å². The Morgan fingerprint density at radius 3 is 2.33 bits per heavy atom. The molecule has 0 saturated carbocycles. The molecule has 5 heteroatoms. The molecule has 1 N–H and O–H groups in total. The van der Waals surface area contributed by atoms with Gasteiger partial charge in [-0.05, 0) is 35.7 Å². The molecule has 21 heavy (non-hydrogen) atoms. The summed E-state index contributed by atoms with van der Waals surface area (Å²) in [7, 11) is 0. The fourth-order valence-corrected chi connectivity index (χ4v) is 2.95. The summed E-state index contributed by atoms with van der Waals surface area (Å²) in [4.78, 5) is 9.46. The average Bonchev–Trinajstić information content (AvgIpc) is 2.42. The van der Waals surface area contributed by atoms with Crippen LogP contribution in [-0.4, -0.2) is 23.1 Å². The van der Waals surface area contributed by atoms with Crippen molar-refractivity contribution < 1.29 is 4.74 Å². The maximum Gasteiger partial charge on any atom is 0.159 e. The van der Waals surface area contributed by atoms with Crippen LogP contribution in [0.3, 0.4) is 0 Å². The van der Waals surface area contributed by atoms with Gasteiger partial charge < -0.3 is 10.1 Å². The van der Waals surface area contributed by atoms with Crippen molar-refractivity contribution >= 4 is 21.7 Å². The number of ether oxygens (including phenoxy) is 1. The van der Waals surface area contributed by atoms with E-state index in [1.54, 1.807) is 0 Å². The molecule has 1 atom stereocenters. The molecule has 0 saturated heterocycles. The normalized spacial score (nSPS) is 13.3. The van der Waals surface area contributed by atoms with Crippen molar-refractivity contribution in [2.45, 2.75) is 65.9 Å². The fourth-order valence-electron chi connectivity index (χ4n) is 2.04. The van der Waals surface area contributed by atoms with Crippen LogP contribution in [-0.2, 0) is 10.2 Å². The van der Waals surface area contributed by atoms with Gasteiger partial charge in [0, 0.05) is 18.6 Å². The minimum absolute atomic E-state index is 0.0497. The van der Waals surface area contributed by atoms with Gasteiger partial charge in [-0.2, -0.15) is 0 Å². The summed E-state index contributed by atoms with van der Waals surface area (Å²) in [5.41, 5.74) is 0.966. The van der Waals surface area contributed by atoms with Gasteiger partial charge in [0.2, 0.25) is 0 Å². The van der Waals surface area contributed by atoms with E-state index in [4.69, 9.17) is 9.72 Å². The monoisotopic (exact) mass is 357 g/mol. The predicted octanol–water partition coefficient (Wildman–Crippen LogP) is 4.85. The molecule has 0 radical (unpaired) electrons. The Labute approximate surface area is 137 Å². The van der Waals surface area contributed by atoms with E-state index in [0.29, 0.717) is 6.61 Å². The number of nitrogens with one attached hydrogen (secondary N) is 1. The summed E-state index contributed by atoms with van der Waals surface area (Å²) in [6.45, 7) is 14.3. The molecule has 0 spiro atoms. The van der Waals surface area contributed by atoms with Crippen LogP contribution in [0.25, 0.3) is 0 Å². The number of hydrogen-bond acceptors (Lipinski definition) is 4. The Morgan fingerprint density at radius 2 is 1.86 bits per heavy atom. The molecular formula is C16H28BrN3O. The number of rotatable bonds is 7. The highest BCUT2D eigenvalue weighted by atomic mass is 79.9. The molecule has 1 unspecified atom stereocenters. The first kappa shape index (κ1) is 18.4. The summed E-state index contributed by atoms with van der Waals surface area (Å²) < 4.78 is 6.73. The van der Waals surface area contributed by atoms with E-state index in [0.717, 1.165) is 41.2 Å². The molecule has 1 aromatic heterocycles. The van der Waals surface area contributed by atoms with E-state index in [-0.39, 0.29) is 11.5 Å². The Morgan fingerprint density at radius 1 is 1.19 bits per heavy atom. The first-order chi connectivity index (χ1) is 9.85. The van der Waals surface area contributed by atoms with Crippen LogP contribution in [0.15, 0.2) is 4.47 Å². The lowest BCUT2D eigenvalue weighted by atomic mass is 9.91. The van der Waals surface area contributed by atoms with Gasteiger partial charge in [-0.1, -0.05) is 34.6 Å². The Hall–Kier alpha value is -0.680. The molecule has 1 heterocycles. The van der Waals surface area contributed by atoms with E-state index in [1.807, 2.05) is 6.92 Å². The topological polar surface area (TPSA) is 47.0 Å². The molecule has 0 amide bonds. The van der Waals surface area contributed by atoms with Gasteiger partial charge in [0.1, 0.15) is 11.9 Å². The van der Waals surface area contributed by atoms with E-state index < -0.39 is 0 Å². The first-order valence-electron chi connectivity index (χ1n) is 7.78. The number of aromatic nitrogens is 2. The van der Waals surface area contributed by atoms with Gasteiger partial charge in [0.25, 0.3) is 0 Å². The molecular weight excluding hydrogens is 330 g/mol. The molecule has 4 nitrogen and oxygen atoms in total. The third kappa shape index (κ3) is 4.92. The van der Waals surface area contributed by atoms with Crippen molar-refractivity contribution in [2.75, 3.05) is 18.5 Å². The first-order valence-corrected chi connectivity index (χ1v) is 8.57. The summed E-state index contributed by atoms with van der Waals surface area (Å²) in [5, 5.41) is 3.38. The minimum Gasteiger partial charge on any atom is -0.371 e.